The second-order valence-corrected chi connectivity index (χ2v) is 5.58. The zero-order valence-corrected chi connectivity index (χ0v) is 13.6. The summed E-state index contributed by atoms with van der Waals surface area (Å²) in [7, 11) is 0. The monoisotopic (exact) mass is 320 g/mol. The predicted molar refractivity (Wildman–Crippen MR) is 89.3 cm³/mol. The van der Waals surface area contributed by atoms with Crippen molar-refractivity contribution in [2.75, 3.05) is 5.32 Å². The van der Waals surface area contributed by atoms with E-state index < -0.39 is 0 Å². The van der Waals surface area contributed by atoms with Crippen molar-refractivity contribution in [3.8, 4) is 0 Å². The van der Waals surface area contributed by atoms with Crippen LogP contribution in [0, 0.1) is 6.92 Å². The third kappa shape index (κ3) is 3.70. The molecule has 0 aliphatic carbocycles. The molecule has 0 spiro atoms. The Hall–Kier alpha value is -1.78. The molecule has 118 valence electrons. The molecule has 1 atom stereocenters. The van der Waals surface area contributed by atoms with Crippen molar-refractivity contribution in [2.24, 2.45) is 0 Å². The van der Waals surface area contributed by atoms with Crippen LogP contribution in [0.15, 0.2) is 34.7 Å². The van der Waals surface area contributed by atoms with Gasteiger partial charge in [0.25, 0.3) is 0 Å². The quantitative estimate of drug-likeness (QED) is 0.902. The van der Waals surface area contributed by atoms with Gasteiger partial charge in [-0.15, -0.1) is 12.4 Å². The number of carbonyl (C=O) groups excluding carboxylic acids is 1. The predicted octanol–water partition coefficient (Wildman–Crippen LogP) is 3.75. The maximum Gasteiger partial charge on any atom is 0.224 e. The Kier molecular flexibility index (Phi) is 5.27. The van der Waals surface area contributed by atoms with E-state index in [1.807, 2.05) is 25.1 Å². The summed E-state index contributed by atoms with van der Waals surface area (Å²) in [6.07, 6.45) is 1.39. The second-order valence-electron chi connectivity index (χ2n) is 5.58. The van der Waals surface area contributed by atoms with E-state index in [2.05, 4.69) is 29.7 Å². The van der Waals surface area contributed by atoms with Crippen molar-refractivity contribution in [3.63, 3.8) is 0 Å². The van der Waals surface area contributed by atoms with Gasteiger partial charge in [0.2, 0.25) is 5.91 Å². The zero-order valence-electron chi connectivity index (χ0n) is 12.8. The van der Waals surface area contributed by atoms with Crippen LogP contribution in [0.3, 0.4) is 0 Å². The molecule has 5 heteroatoms. The maximum absolute atomic E-state index is 11.4. The first-order chi connectivity index (χ1) is 10.1. The fourth-order valence-corrected chi connectivity index (χ4v) is 2.62. The molecule has 22 heavy (non-hydrogen) atoms. The van der Waals surface area contributed by atoms with Crippen LogP contribution in [0.25, 0.3) is 0 Å². The number of halogens is 1. The Morgan fingerprint density at radius 2 is 2.09 bits per heavy atom. The van der Waals surface area contributed by atoms with E-state index in [4.69, 9.17) is 4.42 Å². The number of hydrogen-bond donors (Lipinski definition) is 2. The van der Waals surface area contributed by atoms with E-state index >= 15 is 0 Å². The van der Waals surface area contributed by atoms with Gasteiger partial charge in [0.15, 0.2) is 0 Å². The lowest BCUT2D eigenvalue weighted by Crippen LogP contribution is -2.21. The Morgan fingerprint density at radius 3 is 2.82 bits per heavy atom. The standard InChI is InChI=1S/C17H20N2O2.ClH/c1-11-3-6-15(21-11)10-18-12(2)13-4-7-16-14(9-13)5-8-17(20)19-16;/h3-4,6-7,9,12,18H,5,8,10H2,1-2H3,(H,19,20);1H. The Bertz CT molecular complexity index is 666. The first-order valence-electron chi connectivity index (χ1n) is 7.33. The first-order valence-corrected chi connectivity index (χ1v) is 7.33. The molecule has 1 aromatic heterocycles. The van der Waals surface area contributed by atoms with Crippen LogP contribution in [0.1, 0.15) is 42.0 Å². The summed E-state index contributed by atoms with van der Waals surface area (Å²) in [5.41, 5.74) is 3.40. The van der Waals surface area contributed by atoms with E-state index in [9.17, 15) is 4.79 Å². The average Bonchev–Trinajstić information content (AvgIpc) is 2.90. The van der Waals surface area contributed by atoms with Gasteiger partial charge < -0.3 is 15.1 Å². The molecule has 1 amide bonds. The lowest BCUT2D eigenvalue weighted by atomic mass is 9.98. The summed E-state index contributed by atoms with van der Waals surface area (Å²) in [5.74, 6) is 1.99. The van der Waals surface area contributed by atoms with Crippen LogP contribution in [0.4, 0.5) is 5.69 Å². The minimum absolute atomic E-state index is 0. The SMILES string of the molecule is Cc1ccc(CNC(C)c2ccc3c(c2)CCC(=O)N3)o1.Cl. The molecule has 0 saturated heterocycles. The van der Waals surface area contributed by atoms with Crippen LogP contribution < -0.4 is 10.6 Å². The molecule has 1 aliphatic heterocycles. The highest BCUT2D eigenvalue weighted by atomic mass is 35.5. The number of amides is 1. The molecule has 1 aliphatic rings. The minimum Gasteiger partial charge on any atom is -0.465 e. The summed E-state index contributed by atoms with van der Waals surface area (Å²) in [5, 5.41) is 6.38. The van der Waals surface area contributed by atoms with Gasteiger partial charge in [-0.2, -0.15) is 0 Å². The van der Waals surface area contributed by atoms with Gasteiger partial charge in [-0.05, 0) is 49.6 Å². The first kappa shape index (κ1) is 16.6. The van der Waals surface area contributed by atoms with E-state index in [1.165, 1.54) is 11.1 Å². The van der Waals surface area contributed by atoms with Gasteiger partial charge in [-0.25, -0.2) is 0 Å². The summed E-state index contributed by atoms with van der Waals surface area (Å²) in [4.78, 5) is 11.4. The van der Waals surface area contributed by atoms with Gasteiger partial charge in [-0.3, -0.25) is 4.79 Å². The molecule has 0 radical (unpaired) electrons. The fraction of sp³-hybridized carbons (Fsp3) is 0.353. The molecule has 1 unspecified atom stereocenters. The third-order valence-corrected chi connectivity index (χ3v) is 3.90. The molecule has 4 nitrogen and oxygen atoms in total. The van der Waals surface area contributed by atoms with Gasteiger partial charge in [0.1, 0.15) is 11.5 Å². The smallest absolute Gasteiger partial charge is 0.224 e. The summed E-state index contributed by atoms with van der Waals surface area (Å²) in [6.45, 7) is 4.80. The van der Waals surface area contributed by atoms with Crippen LogP contribution in [0.5, 0.6) is 0 Å². The highest BCUT2D eigenvalue weighted by Gasteiger charge is 2.16. The van der Waals surface area contributed by atoms with E-state index in [1.54, 1.807) is 0 Å². The van der Waals surface area contributed by atoms with Gasteiger partial charge in [0.05, 0.1) is 6.54 Å². The molecule has 2 N–H and O–H groups in total. The molecular formula is C17H21ClN2O2. The average molecular weight is 321 g/mol. The summed E-state index contributed by atoms with van der Waals surface area (Å²) in [6, 6.07) is 10.4. The molecule has 2 aromatic rings. The number of furan rings is 1. The van der Waals surface area contributed by atoms with Crippen LogP contribution >= 0.6 is 12.4 Å². The Morgan fingerprint density at radius 1 is 1.27 bits per heavy atom. The number of anilines is 1. The Labute approximate surface area is 136 Å². The molecular weight excluding hydrogens is 300 g/mol. The van der Waals surface area contributed by atoms with Crippen molar-refractivity contribution in [2.45, 2.75) is 39.3 Å². The fourth-order valence-electron chi connectivity index (χ4n) is 2.62. The Balaban J connectivity index is 0.00000176. The van der Waals surface area contributed by atoms with Crippen molar-refractivity contribution in [1.29, 1.82) is 0 Å². The number of carbonyl (C=O) groups is 1. The minimum atomic E-state index is 0. The molecule has 3 rings (SSSR count). The molecule has 0 fully saturated rings. The summed E-state index contributed by atoms with van der Waals surface area (Å²) < 4.78 is 5.56. The van der Waals surface area contributed by atoms with Gasteiger partial charge >= 0.3 is 0 Å². The maximum atomic E-state index is 11.4. The number of rotatable bonds is 4. The number of fused-ring (bicyclic) bond motifs is 1. The number of benzene rings is 1. The highest BCUT2D eigenvalue weighted by Crippen LogP contribution is 2.26. The molecule has 2 heterocycles. The van der Waals surface area contributed by atoms with Gasteiger partial charge in [-0.1, -0.05) is 12.1 Å². The van der Waals surface area contributed by atoms with Crippen molar-refractivity contribution in [1.82, 2.24) is 5.32 Å². The van der Waals surface area contributed by atoms with Crippen LogP contribution in [-0.2, 0) is 17.8 Å². The molecule has 0 bridgehead atoms. The highest BCUT2D eigenvalue weighted by molar-refractivity contribution is 5.93. The topological polar surface area (TPSA) is 54.3 Å². The van der Waals surface area contributed by atoms with E-state index in [0.717, 1.165) is 23.6 Å². The van der Waals surface area contributed by atoms with Crippen molar-refractivity contribution in [3.05, 3.63) is 53.0 Å². The lowest BCUT2D eigenvalue weighted by Gasteiger charge is -2.20. The van der Waals surface area contributed by atoms with Gasteiger partial charge in [0, 0.05) is 18.2 Å². The number of nitrogens with one attached hydrogen (secondary N) is 2. The lowest BCUT2D eigenvalue weighted by molar-refractivity contribution is -0.116. The summed E-state index contributed by atoms with van der Waals surface area (Å²) >= 11 is 0. The number of hydrogen-bond acceptors (Lipinski definition) is 3. The van der Waals surface area contributed by atoms with Crippen molar-refractivity contribution >= 4 is 24.0 Å². The van der Waals surface area contributed by atoms with E-state index in [0.29, 0.717) is 13.0 Å². The largest absolute Gasteiger partial charge is 0.465 e. The normalized spacial score (nSPS) is 14.7. The molecule has 1 aromatic carbocycles. The molecule has 0 saturated carbocycles. The van der Waals surface area contributed by atoms with E-state index in [-0.39, 0.29) is 24.4 Å². The second kappa shape index (κ2) is 6.99. The number of aryl methyl sites for hydroxylation is 2. The third-order valence-electron chi connectivity index (χ3n) is 3.90. The van der Waals surface area contributed by atoms with Crippen LogP contribution in [0.2, 0.25) is 0 Å². The van der Waals surface area contributed by atoms with Crippen molar-refractivity contribution < 1.29 is 9.21 Å². The zero-order chi connectivity index (χ0) is 14.8. The van der Waals surface area contributed by atoms with Crippen LogP contribution in [-0.4, -0.2) is 5.91 Å².